The van der Waals surface area contributed by atoms with E-state index in [0.29, 0.717) is 17.3 Å². The van der Waals surface area contributed by atoms with E-state index in [-0.39, 0.29) is 5.91 Å². The summed E-state index contributed by atoms with van der Waals surface area (Å²) < 4.78 is 9.34. The van der Waals surface area contributed by atoms with Crippen molar-refractivity contribution in [1.29, 1.82) is 0 Å². The standard InChI is InChI=1S/C12H20N4O2S/c1-14-11(17)9-10(13)15-19-12(9)16-5-3-4-8(6-16)7-18-2/h8H,3-7H2,1-2H3,(H2,13,15)(H,14,17). The molecule has 19 heavy (non-hydrogen) atoms. The Morgan fingerprint density at radius 2 is 2.47 bits per heavy atom. The molecule has 1 amide bonds. The molecular weight excluding hydrogens is 264 g/mol. The maximum atomic E-state index is 11.9. The SMILES string of the molecule is CNC(=O)c1c(N)nsc1N1CCCC(COC)C1. The van der Waals surface area contributed by atoms with Crippen molar-refractivity contribution in [1.82, 2.24) is 9.69 Å². The molecule has 0 aliphatic carbocycles. The van der Waals surface area contributed by atoms with Crippen molar-refractivity contribution in [2.45, 2.75) is 12.8 Å². The van der Waals surface area contributed by atoms with Gasteiger partial charge in [0.05, 0.1) is 6.61 Å². The fraction of sp³-hybridized carbons (Fsp3) is 0.667. The minimum Gasteiger partial charge on any atom is -0.384 e. The summed E-state index contributed by atoms with van der Waals surface area (Å²) in [5.74, 6) is 0.642. The Bertz CT molecular complexity index is 447. The van der Waals surface area contributed by atoms with Crippen LogP contribution in [0.5, 0.6) is 0 Å². The molecule has 1 fully saturated rings. The number of nitrogens with one attached hydrogen (secondary N) is 1. The highest BCUT2D eigenvalue weighted by molar-refractivity contribution is 7.11. The Hall–Kier alpha value is -1.34. The van der Waals surface area contributed by atoms with Crippen molar-refractivity contribution >= 4 is 28.3 Å². The second kappa shape index (κ2) is 6.21. The molecule has 0 aromatic carbocycles. The van der Waals surface area contributed by atoms with Gasteiger partial charge in [0.1, 0.15) is 10.6 Å². The maximum Gasteiger partial charge on any atom is 0.257 e. The lowest BCUT2D eigenvalue weighted by Gasteiger charge is -2.33. The summed E-state index contributed by atoms with van der Waals surface area (Å²) >= 11 is 1.30. The fourth-order valence-corrected chi connectivity index (χ4v) is 3.31. The maximum absolute atomic E-state index is 11.9. The van der Waals surface area contributed by atoms with Crippen molar-refractivity contribution in [3.8, 4) is 0 Å². The van der Waals surface area contributed by atoms with Gasteiger partial charge in [0.25, 0.3) is 5.91 Å². The molecule has 1 aliphatic heterocycles. The number of carbonyl (C=O) groups is 1. The van der Waals surface area contributed by atoms with Gasteiger partial charge in [-0.1, -0.05) is 0 Å². The lowest BCUT2D eigenvalue weighted by atomic mass is 9.99. The third-order valence-electron chi connectivity index (χ3n) is 3.36. The first-order valence-corrected chi connectivity index (χ1v) is 7.15. The first-order chi connectivity index (χ1) is 9.17. The Morgan fingerprint density at radius 3 is 3.16 bits per heavy atom. The molecule has 1 saturated heterocycles. The van der Waals surface area contributed by atoms with E-state index in [1.807, 2.05) is 0 Å². The summed E-state index contributed by atoms with van der Waals surface area (Å²) in [6, 6.07) is 0. The molecule has 1 atom stereocenters. The van der Waals surface area contributed by atoms with Crippen molar-refractivity contribution in [2.75, 3.05) is 44.5 Å². The van der Waals surface area contributed by atoms with Gasteiger partial charge < -0.3 is 20.7 Å². The van der Waals surface area contributed by atoms with Crippen LogP contribution >= 0.6 is 11.5 Å². The minimum absolute atomic E-state index is 0.171. The van der Waals surface area contributed by atoms with Crippen LogP contribution in [0.2, 0.25) is 0 Å². The molecule has 0 radical (unpaired) electrons. The summed E-state index contributed by atoms with van der Waals surface area (Å²) in [6.45, 7) is 2.57. The zero-order chi connectivity index (χ0) is 13.8. The van der Waals surface area contributed by atoms with E-state index in [9.17, 15) is 4.79 Å². The van der Waals surface area contributed by atoms with Crippen LogP contribution in [0.15, 0.2) is 0 Å². The Labute approximate surface area is 117 Å². The highest BCUT2D eigenvalue weighted by atomic mass is 32.1. The van der Waals surface area contributed by atoms with E-state index >= 15 is 0 Å². The molecule has 0 saturated carbocycles. The number of ether oxygens (including phenoxy) is 1. The molecule has 7 heteroatoms. The number of nitrogens with two attached hydrogens (primary N) is 1. The summed E-state index contributed by atoms with van der Waals surface area (Å²) in [5.41, 5.74) is 6.31. The minimum atomic E-state index is -0.171. The van der Waals surface area contributed by atoms with Gasteiger partial charge in [0, 0.05) is 27.2 Å². The largest absolute Gasteiger partial charge is 0.384 e. The monoisotopic (exact) mass is 284 g/mol. The van der Waals surface area contributed by atoms with Gasteiger partial charge in [-0.15, -0.1) is 0 Å². The molecule has 1 unspecified atom stereocenters. The molecule has 1 aromatic rings. The van der Waals surface area contributed by atoms with Gasteiger partial charge in [-0.05, 0) is 30.3 Å². The number of nitrogens with zero attached hydrogens (tertiary/aromatic N) is 2. The normalized spacial score (nSPS) is 19.5. The number of nitrogen functional groups attached to an aromatic ring is 1. The van der Waals surface area contributed by atoms with E-state index in [1.165, 1.54) is 11.5 Å². The van der Waals surface area contributed by atoms with Crippen molar-refractivity contribution in [3.05, 3.63) is 5.56 Å². The van der Waals surface area contributed by atoms with Crippen LogP contribution in [-0.4, -0.2) is 44.1 Å². The predicted molar refractivity (Wildman–Crippen MR) is 76.7 cm³/mol. The number of methoxy groups -OCH3 is 1. The lowest BCUT2D eigenvalue weighted by molar-refractivity contribution is 0.0964. The highest BCUT2D eigenvalue weighted by Gasteiger charge is 2.27. The highest BCUT2D eigenvalue weighted by Crippen LogP contribution is 2.33. The zero-order valence-electron chi connectivity index (χ0n) is 11.3. The molecule has 2 heterocycles. The Morgan fingerprint density at radius 1 is 1.68 bits per heavy atom. The molecule has 1 aromatic heterocycles. The van der Waals surface area contributed by atoms with E-state index in [0.717, 1.165) is 37.5 Å². The number of hydrogen-bond donors (Lipinski definition) is 2. The molecule has 2 rings (SSSR count). The lowest BCUT2D eigenvalue weighted by Crippen LogP contribution is -2.37. The molecule has 6 nitrogen and oxygen atoms in total. The van der Waals surface area contributed by atoms with Crippen LogP contribution < -0.4 is 16.0 Å². The van der Waals surface area contributed by atoms with Crippen molar-refractivity contribution < 1.29 is 9.53 Å². The molecular formula is C12H20N4O2S. The third kappa shape index (κ3) is 2.98. The average molecular weight is 284 g/mol. The summed E-state index contributed by atoms with van der Waals surface area (Å²) in [4.78, 5) is 14.1. The number of hydrogen-bond acceptors (Lipinski definition) is 6. The van der Waals surface area contributed by atoms with Crippen LogP contribution in [0.25, 0.3) is 0 Å². The van der Waals surface area contributed by atoms with Crippen LogP contribution in [0, 0.1) is 5.92 Å². The molecule has 3 N–H and O–H groups in total. The smallest absolute Gasteiger partial charge is 0.257 e. The molecule has 1 aliphatic rings. The van der Waals surface area contributed by atoms with Crippen LogP contribution in [0.1, 0.15) is 23.2 Å². The number of piperidine rings is 1. The average Bonchev–Trinajstić information content (AvgIpc) is 2.80. The number of amides is 1. The molecule has 106 valence electrons. The van der Waals surface area contributed by atoms with Crippen molar-refractivity contribution in [3.63, 3.8) is 0 Å². The second-order valence-corrected chi connectivity index (χ2v) is 5.49. The number of rotatable bonds is 4. The molecule has 0 bridgehead atoms. The Balaban J connectivity index is 2.19. The second-order valence-electron chi connectivity index (χ2n) is 4.74. The van der Waals surface area contributed by atoms with Gasteiger partial charge in [0.15, 0.2) is 5.82 Å². The van der Waals surface area contributed by atoms with Gasteiger partial charge in [0.2, 0.25) is 0 Å². The summed E-state index contributed by atoms with van der Waals surface area (Å²) in [6.07, 6.45) is 2.26. The van der Waals surface area contributed by atoms with Gasteiger partial charge in [-0.25, -0.2) is 0 Å². The quantitative estimate of drug-likeness (QED) is 0.860. The molecule has 0 spiro atoms. The topological polar surface area (TPSA) is 80.5 Å². The van der Waals surface area contributed by atoms with E-state index in [2.05, 4.69) is 14.6 Å². The number of carbonyl (C=O) groups excluding carboxylic acids is 1. The third-order valence-corrected chi connectivity index (χ3v) is 4.29. The summed E-state index contributed by atoms with van der Waals surface area (Å²) in [7, 11) is 3.33. The number of aromatic nitrogens is 1. The summed E-state index contributed by atoms with van der Waals surface area (Å²) in [5, 5.41) is 3.49. The first kappa shape index (κ1) is 14.1. The van der Waals surface area contributed by atoms with Gasteiger partial charge in [-0.2, -0.15) is 4.37 Å². The van der Waals surface area contributed by atoms with Crippen molar-refractivity contribution in [2.24, 2.45) is 5.92 Å². The fourth-order valence-electron chi connectivity index (χ4n) is 2.47. The van der Waals surface area contributed by atoms with Crippen LogP contribution in [0.4, 0.5) is 10.8 Å². The number of anilines is 2. The van der Waals surface area contributed by atoms with E-state index in [1.54, 1.807) is 14.2 Å². The first-order valence-electron chi connectivity index (χ1n) is 6.38. The van der Waals surface area contributed by atoms with Crippen LogP contribution in [0.3, 0.4) is 0 Å². The van der Waals surface area contributed by atoms with E-state index < -0.39 is 0 Å². The predicted octanol–water partition coefficient (Wildman–Crippen LogP) is 0.948. The van der Waals surface area contributed by atoms with Crippen LogP contribution in [-0.2, 0) is 4.74 Å². The Kier molecular flexibility index (Phi) is 4.60. The zero-order valence-corrected chi connectivity index (χ0v) is 12.1. The van der Waals surface area contributed by atoms with Gasteiger partial charge in [-0.3, -0.25) is 4.79 Å². The van der Waals surface area contributed by atoms with Gasteiger partial charge >= 0.3 is 0 Å². The van der Waals surface area contributed by atoms with E-state index in [4.69, 9.17) is 10.5 Å².